The van der Waals surface area contributed by atoms with Crippen LogP contribution in [0.1, 0.15) is 44.4 Å². The van der Waals surface area contributed by atoms with E-state index in [4.69, 9.17) is 9.47 Å². The highest BCUT2D eigenvalue weighted by molar-refractivity contribution is 5.97. The molecule has 0 fully saturated rings. The van der Waals surface area contributed by atoms with Gasteiger partial charge in [-0.25, -0.2) is 4.79 Å². The molecule has 2 aromatic carbocycles. The van der Waals surface area contributed by atoms with Crippen molar-refractivity contribution in [3.63, 3.8) is 0 Å². The fourth-order valence-corrected chi connectivity index (χ4v) is 3.00. The summed E-state index contributed by atoms with van der Waals surface area (Å²) in [6, 6.07) is 14.5. The maximum atomic E-state index is 13.0. The van der Waals surface area contributed by atoms with E-state index in [2.05, 4.69) is 10.6 Å². The van der Waals surface area contributed by atoms with Crippen molar-refractivity contribution >= 4 is 17.7 Å². The number of nitrogens with one attached hydrogen (secondary N) is 2. The number of carbonyl (C=O) groups excluding carboxylic acids is 2. The second kappa shape index (κ2) is 10.3. The summed E-state index contributed by atoms with van der Waals surface area (Å²) in [4.78, 5) is 25.4. The monoisotopic (exact) mass is 412 g/mol. The number of alkyl carbamates (subject to hydrolysis) is 1. The third-order valence-corrected chi connectivity index (χ3v) is 4.27. The number of aryl methyl sites for hydroxylation is 2. The highest BCUT2D eigenvalue weighted by Crippen LogP contribution is 2.16. The lowest BCUT2D eigenvalue weighted by molar-refractivity contribution is -0.122. The van der Waals surface area contributed by atoms with Crippen molar-refractivity contribution in [1.82, 2.24) is 5.32 Å². The first-order chi connectivity index (χ1) is 14.0. The molecule has 2 atom stereocenters. The summed E-state index contributed by atoms with van der Waals surface area (Å²) in [7, 11) is 0. The summed E-state index contributed by atoms with van der Waals surface area (Å²) in [6.45, 7) is 11.3. The normalized spacial score (nSPS) is 13.3. The molecule has 2 amide bonds. The molecule has 2 rings (SSSR count). The van der Waals surface area contributed by atoms with Gasteiger partial charge in [-0.15, -0.1) is 0 Å². The average molecular weight is 413 g/mol. The lowest BCUT2D eigenvalue weighted by Crippen LogP contribution is -2.52. The maximum absolute atomic E-state index is 13.0. The number of hydrogen-bond acceptors (Lipinski definition) is 4. The summed E-state index contributed by atoms with van der Waals surface area (Å²) in [6.07, 6.45) is -1.25. The largest absolute Gasteiger partial charge is 0.444 e. The third kappa shape index (κ3) is 7.87. The number of carbonyl (C=O) groups is 2. The lowest BCUT2D eigenvalue weighted by atomic mass is 10.1. The molecule has 0 saturated heterocycles. The quantitative estimate of drug-likeness (QED) is 0.689. The van der Waals surface area contributed by atoms with E-state index in [0.717, 1.165) is 16.7 Å². The van der Waals surface area contributed by atoms with Crippen LogP contribution in [0.2, 0.25) is 0 Å². The number of amides is 2. The summed E-state index contributed by atoms with van der Waals surface area (Å²) >= 11 is 0. The van der Waals surface area contributed by atoms with E-state index < -0.39 is 23.8 Å². The standard InChI is InChI=1S/C24H32N2O4/c1-16-12-17(2)14-20(13-16)25-22(27)21(26-23(28)30-24(4,5)6)18(3)29-15-19-10-8-7-9-11-19/h7-14,18,21H,15H2,1-6H3,(H,25,27)(H,26,28)/t18-,21+/m0/s1. The van der Waals surface area contributed by atoms with E-state index >= 15 is 0 Å². The predicted octanol–water partition coefficient (Wildman–Crippen LogP) is 4.74. The highest BCUT2D eigenvalue weighted by atomic mass is 16.6. The molecule has 2 aromatic rings. The number of rotatable bonds is 7. The van der Waals surface area contributed by atoms with Gasteiger partial charge in [-0.1, -0.05) is 36.4 Å². The maximum Gasteiger partial charge on any atom is 0.408 e. The van der Waals surface area contributed by atoms with Gasteiger partial charge in [0.2, 0.25) is 5.91 Å². The van der Waals surface area contributed by atoms with Gasteiger partial charge in [-0.3, -0.25) is 4.79 Å². The Labute approximate surface area is 179 Å². The fraction of sp³-hybridized carbons (Fsp3) is 0.417. The molecule has 6 nitrogen and oxygen atoms in total. The van der Waals surface area contributed by atoms with Crippen LogP contribution in [0.4, 0.5) is 10.5 Å². The van der Waals surface area contributed by atoms with Crippen molar-refractivity contribution in [2.24, 2.45) is 0 Å². The van der Waals surface area contributed by atoms with Gasteiger partial charge >= 0.3 is 6.09 Å². The zero-order valence-corrected chi connectivity index (χ0v) is 18.6. The van der Waals surface area contributed by atoms with E-state index in [1.165, 1.54) is 0 Å². The van der Waals surface area contributed by atoms with Gasteiger partial charge in [0.05, 0.1) is 12.7 Å². The second-order valence-electron chi connectivity index (χ2n) is 8.49. The zero-order chi connectivity index (χ0) is 22.3. The van der Waals surface area contributed by atoms with Gasteiger partial charge in [0.15, 0.2) is 0 Å². The number of benzene rings is 2. The first-order valence-corrected chi connectivity index (χ1v) is 10.1. The Morgan fingerprint density at radius 1 is 1.00 bits per heavy atom. The number of hydrogen-bond donors (Lipinski definition) is 2. The van der Waals surface area contributed by atoms with Crippen molar-refractivity contribution in [1.29, 1.82) is 0 Å². The Bertz CT molecular complexity index is 839. The van der Waals surface area contributed by atoms with Crippen LogP contribution in [0.3, 0.4) is 0 Å². The molecule has 0 radical (unpaired) electrons. The van der Waals surface area contributed by atoms with E-state index in [1.54, 1.807) is 27.7 Å². The van der Waals surface area contributed by atoms with Crippen molar-refractivity contribution < 1.29 is 19.1 Å². The molecule has 0 heterocycles. The first kappa shape index (κ1) is 23.4. The molecule has 0 aliphatic rings. The van der Waals surface area contributed by atoms with Gasteiger partial charge in [0.1, 0.15) is 11.6 Å². The molecule has 0 unspecified atom stereocenters. The van der Waals surface area contributed by atoms with Crippen LogP contribution in [-0.2, 0) is 20.9 Å². The van der Waals surface area contributed by atoms with Gasteiger partial charge in [0.25, 0.3) is 0 Å². The van der Waals surface area contributed by atoms with E-state index in [1.807, 2.05) is 62.4 Å². The van der Waals surface area contributed by atoms with Gasteiger partial charge in [-0.05, 0) is 70.4 Å². The third-order valence-electron chi connectivity index (χ3n) is 4.27. The summed E-state index contributed by atoms with van der Waals surface area (Å²) < 4.78 is 11.2. The summed E-state index contributed by atoms with van der Waals surface area (Å²) in [5, 5.41) is 5.54. The fourth-order valence-electron chi connectivity index (χ4n) is 3.00. The Morgan fingerprint density at radius 3 is 2.17 bits per heavy atom. The molecule has 6 heteroatoms. The van der Waals surface area contributed by atoms with Crippen LogP contribution < -0.4 is 10.6 Å². The Balaban J connectivity index is 2.13. The molecular weight excluding hydrogens is 380 g/mol. The lowest BCUT2D eigenvalue weighted by Gasteiger charge is -2.27. The Hall–Kier alpha value is -2.86. The second-order valence-corrected chi connectivity index (χ2v) is 8.49. The molecule has 0 saturated carbocycles. The number of anilines is 1. The molecule has 162 valence electrons. The van der Waals surface area contributed by atoms with Crippen LogP contribution in [0.5, 0.6) is 0 Å². The van der Waals surface area contributed by atoms with Crippen LogP contribution >= 0.6 is 0 Å². The molecule has 30 heavy (non-hydrogen) atoms. The van der Waals surface area contributed by atoms with Gasteiger partial charge < -0.3 is 20.1 Å². The molecule has 0 aromatic heterocycles. The Morgan fingerprint density at radius 2 is 1.60 bits per heavy atom. The van der Waals surface area contributed by atoms with Crippen LogP contribution in [-0.4, -0.2) is 29.7 Å². The van der Waals surface area contributed by atoms with Crippen molar-refractivity contribution in [3.8, 4) is 0 Å². The van der Waals surface area contributed by atoms with Crippen molar-refractivity contribution in [2.45, 2.75) is 65.9 Å². The van der Waals surface area contributed by atoms with Crippen molar-refractivity contribution in [2.75, 3.05) is 5.32 Å². The highest BCUT2D eigenvalue weighted by Gasteiger charge is 2.30. The topological polar surface area (TPSA) is 76.7 Å². The van der Waals surface area contributed by atoms with Gasteiger partial charge in [0, 0.05) is 5.69 Å². The predicted molar refractivity (Wildman–Crippen MR) is 118 cm³/mol. The van der Waals surface area contributed by atoms with E-state index in [-0.39, 0.29) is 5.91 Å². The number of ether oxygens (including phenoxy) is 2. The molecule has 0 bridgehead atoms. The molecular formula is C24H32N2O4. The van der Waals surface area contributed by atoms with E-state index in [0.29, 0.717) is 12.3 Å². The first-order valence-electron chi connectivity index (χ1n) is 10.1. The molecule has 0 spiro atoms. The smallest absolute Gasteiger partial charge is 0.408 e. The van der Waals surface area contributed by atoms with Crippen LogP contribution in [0.15, 0.2) is 48.5 Å². The molecule has 0 aliphatic carbocycles. The summed E-state index contributed by atoms with van der Waals surface area (Å²) in [5.41, 5.74) is 3.05. The minimum absolute atomic E-state index is 0.325. The minimum atomic E-state index is -0.926. The molecule has 2 N–H and O–H groups in total. The Kier molecular flexibility index (Phi) is 8.00. The van der Waals surface area contributed by atoms with Crippen molar-refractivity contribution in [3.05, 3.63) is 65.2 Å². The minimum Gasteiger partial charge on any atom is -0.444 e. The van der Waals surface area contributed by atoms with Crippen LogP contribution in [0, 0.1) is 13.8 Å². The molecule has 0 aliphatic heterocycles. The van der Waals surface area contributed by atoms with Crippen LogP contribution in [0.25, 0.3) is 0 Å². The zero-order valence-electron chi connectivity index (χ0n) is 18.6. The van der Waals surface area contributed by atoms with E-state index in [9.17, 15) is 9.59 Å². The SMILES string of the molecule is Cc1cc(C)cc(NC(=O)[C@H](NC(=O)OC(C)(C)C)[C@H](C)OCc2ccccc2)c1. The van der Waals surface area contributed by atoms with Gasteiger partial charge in [-0.2, -0.15) is 0 Å². The average Bonchev–Trinajstić information content (AvgIpc) is 2.62. The summed E-state index contributed by atoms with van der Waals surface area (Å²) in [5.74, 6) is -0.369.